The van der Waals surface area contributed by atoms with E-state index in [1.54, 1.807) is 0 Å². The van der Waals surface area contributed by atoms with Gasteiger partial charge in [-0.1, -0.05) is 0 Å². The van der Waals surface area contributed by atoms with E-state index in [1.165, 1.54) is 5.56 Å². The third kappa shape index (κ3) is 3.31. The van der Waals surface area contributed by atoms with Gasteiger partial charge in [-0.25, -0.2) is 0 Å². The molecule has 5 heteroatoms. The van der Waals surface area contributed by atoms with E-state index >= 15 is 0 Å². The fourth-order valence-electron chi connectivity index (χ4n) is 2.53. The summed E-state index contributed by atoms with van der Waals surface area (Å²) < 4.78 is 1.97. The molecule has 0 spiro atoms. The standard InChI is InChI=1S/C13H24N4O/c1-3-17-10-12(8-14-17)9-16-6-5-15(2)13(11-16)4-7-18/h8,10,13,18H,3-7,9,11H2,1-2H3. The Balaban J connectivity index is 1.89. The number of rotatable bonds is 5. The maximum Gasteiger partial charge on any atom is 0.0534 e. The second-order valence-electron chi connectivity index (χ2n) is 5.09. The van der Waals surface area contributed by atoms with Crippen molar-refractivity contribution in [3.05, 3.63) is 18.0 Å². The van der Waals surface area contributed by atoms with Gasteiger partial charge in [0.1, 0.15) is 0 Å². The van der Waals surface area contributed by atoms with Crippen LogP contribution in [0.25, 0.3) is 0 Å². The van der Waals surface area contributed by atoms with Crippen LogP contribution < -0.4 is 0 Å². The number of piperazine rings is 1. The molecule has 1 aliphatic rings. The number of aliphatic hydroxyl groups excluding tert-OH is 1. The van der Waals surface area contributed by atoms with E-state index in [-0.39, 0.29) is 6.61 Å². The first-order valence-corrected chi connectivity index (χ1v) is 6.77. The highest BCUT2D eigenvalue weighted by atomic mass is 16.3. The summed E-state index contributed by atoms with van der Waals surface area (Å²) in [5, 5.41) is 13.4. The lowest BCUT2D eigenvalue weighted by molar-refractivity contribution is 0.0743. The van der Waals surface area contributed by atoms with Gasteiger partial charge >= 0.3 is 0 Å². The molecule has 0 radical (unpaired) electrons. The lowest BCUT2D eigenvalue weighted by Crippen LogP contribution is -2.51. The fourth-order valence-corrected chi connectivity index (χ4v) is 2.53. The van der Waals surface area contributed by atoms with Crippen LogP contribution in [-0.4, -0.2) is 64.0 Å². The van der Waals surface area contributed by atoms with E-state index in [2.05, 4.69) is 35.1 Å². The first-order valence-electron chi connectivity index (χ1n) is 6.77. The van der Waals surface area contributed by atoms with Crippen molar-refractivity contribution in [3.63, 3.8) is 0 Å². The molecule has 1 atom stereocenters. The molecule has 2 rings (SSSR count). The van der Waals surface area contributed by atoms with Crippen LogP contribution in [0, 0.1) is 0 Å². The predicted molar refractivity (Wildman–Crippen MR) is 71.3 cm³/mol. The molecule has 0 bridgehead atoms. The minimum Gasteiger partial charge on any atom is -0.396 e. The molecule has 102 valence electrons. The Morgan fingerprint density at radius 3 is 2.94 bits per heavy atom. The average Bonchev–Trinajstić information content (AvgIpc) is 2.81. The second kappa shape index (κ2) is 6.31. The topological polar surface area (TPSA) is 44.5 Å². The monoisotopic (exact) mass is 252 g/mol. The van der Waals surface area contributed by atoms with E-state index in [0.29, 0.717) is 6.04 Å². The molecular formula is C13H24N4O. The van der Waals surface area contributed by atoms with Gasteiger partial charge in [0.2, 0.25) is 0 Å². The van der Waals surface area contributed by atoms with Crippen LogP contribution in [0.3, 0.4) is 0 Å². The normalized spacial score (nSPS) is 22.5. The van der Waals surface area contributed by atoms with E-state index in [9.17, 15) is 0 Å². The van der Waals surface area contributed by atoms with Crippen LogP contribution in [0.5, 0.6) is 0 Å². The van der Waals surface area contributed by atoms with Crippen LogP contribution in [0.1, 0.15) is 18.9 Å². The molecule has 1 saturated heterocycles. The zero-order valence-electron chi connectivity index (χ0n) is 11.4. The SMILES string of the molecule is CCn1cc(CN2CCN(C)C(CCO)C2)cn1. The molecule has 0 aromatic carbocycles. The average molecular weight is 252 g/mol. The van der Waals surface area contributed by atoms with Crippen molar-refractivity contribution in [2.75, 3.05) is 33.3 Å². The van der Waals surface area contributed by atoms with E-state index in [4.69, 9.17) is 5.11 Å². The lowest BCUT2D eigenvalue weighted by atomic mass is 10.1. The first kappa shape index (κ1) is 13.5. The summed E-state index contributed by atoms with van der Waals surface area (Å²) in [5.41, 5.74) is 1.28. The molecule has 18 heavy (non-hydrogen) atoms. The lowest BCUT2D eigenvalue weighted by Gasteiger charge is -2.39. The summed E-state index contributed by atoms with van der Waals surface area (Å²) in [6, 6.07) is 0.477. The highest BCUT2D eigenvalue weighted by Crippen LogP contribution is 2.13. The van der Waals surface area contributed by atoms with Crippen LogP contribution in [-0.2, 0) is 13.1 Å². The molecule has 1 unspecified atom stereocenters. The maximum absolute atomic E-state index is 9.09. The number of hydrogen-bond acceptors (Lipinski definition) is 4. The highest BCUT2D eigenvalue weighted by Gasteiger charge is 2.23. The molecular weight excluding hydrogens is 228 g/mol. The number of aliphatic hydroxyl groups is 1. The third-order valence-corrected chi connectivity index (χ3v) is 3.74. The van der Waals surface area contributed by atoms with Crippen molar-refractivity contribution in [2.45, 2.75) is 32.5 Å². The molecule has 1 aliphatic heterocycles. The Morgan fingerprint density at radius 1 is 1.44 bits per heavy atom. The van der Waals surface area contributed by atoms with Crippen molar-refractivity contribution in [3.8, 4) is 0 Å². The summed E-state index contributed by atoms with van der Waals surface area (Å²) >= 11 is 0. The van der Waals surface area contributed by atoms with Gasteiger partial charge in [-0.05, 0) is 20.4 Å². The molecule has 0 aliphatic carbocycles. The Morgan fingerprint density at radius 2 is 2.28 bits per heavy atom. The van der Waals surface area contributed by atoms with E-state index < -0.39 is 0 Å². The largest absolute Gasteiger partial charge is 0.396 e. The Labute approximate surface area is 109 Å². The first-order chi connectivity index (χ1) is 8.72. The van der Waals surface area contributed by atoms with Crippen molar-refractivity contribution < 1.29 is 5.11 Å². The van der Waals surface area contributed by atoms with Gasteiger partial charge in [-0.15, -0.1) is 0 Å². The van der Waals surface area contributed by atoms with Gasteiger partial charge in [0.05, 0.1) is 6.20 Å². The molecule has 1 aromatic heterocycles. The molecule has 1 N–H and O–H groups in total. The van der Waals surface area contributed by atoms with Gasteiger partial charge < -0.3 is 10.0 Å². The van der Waals surface area contributed by atoms with Gasteiger partial charge in [-0.3, -0.25) is 9.58 Å². The fraction of sp³-hybridized carbons (Fsp3) is 0.769. The van der Waals surface area contributed by atoms with Crippen LogP contribution in [0.2, 0.25) is 0 Å². The van der Waals surface area contributed by atoms with Crippen molar-refractivity contribution in [1.29, 1.82) is 0 Å². The molecule has 1 fully saturated rings. The smallest absolute Gasteiger partial charge is 0.0534 e. The highest BCUT2D eigenvalue weighted by molar-refractivity contribution is 5.04. The summed E-state index contributed by atoms with van der Waals surface area (Å²) in [6.07, 6.45) is 4.95. The summed E-state index contributed by atoms with van der Waals surface area (Å²) in [4.78, 5) is 4.81. The molecule has 5 nitrogen and oxygen atoms in total. The second-order valence-corrected chi connectivity index (χ2v) is 5.09. The minimum absolute atomic E-state index is 0.274. The number of aryl methyl sites for hydroxylation is 1. The van der Waals surface area contributed by atoms with Crippen molar-refractivity contribution >= 4 is 0 Å². The number of likely N-dealkylation sites (N-methyl/N-ethyl adjacent to an activating group) is 1. The maximum atomic E-state index is 9.09. The van der Waals surface area contributed by atoms with Crippen LogP contribution >= 0.6 is 0 Å². The molecule has 2 heterocycles. The quantitative estimate of drug-likeness (QED) is 0.824. The van der Waals surface area contributed by atoms with Crippen LogP contribution in [0.15, 0.2) is 12.4 Å². The van der Waals surface area contributed by atoms with Gasteiger partial charge in [0.25, 0.3) is 0 Å². The Kier molecular flexibility index (Phi) is 4.74. The summed E-state index contributed by atoms with van der Waals surface area (Å²) in [7, 11) is 2.15. The Bertz CT molecular complexity index is 366. The predicted octanol–water partition coefficient (Wildman–Crippen LogP) is 0.401. The summed E-state index contributed by atoms with van der Waals surface area (Å²) in [5.74, 6) is 0. The summed E-state index contributed by atoms with van der Waals surface area (Å²) in [6.45, 7) is 7.48. The van der Waals surface area contributed by atoms with Crippen LogP contribution in [0.4, 0.5) is 0 Å². The minimum atomic E-state index is 0.274. The molecule has 1 aromatic rings. The number of hydrogen-bond donors (Lipinski definition) is 1. The van der Waals surface area contributed by atoms with Gasteiger partial charge in [0.15, 0.2) is 0 Å². The number of aromatic nitrogens is 2. The third-order valence-electron chi connectivity index (χ3n) is 3.74. The van der Waals surface area contributed by atoms with E-state index in [1.807, 2.05) is 10.9 Å². The number of nitrogens with zero attached hydrogens (tertiary/aromatic N) is 4. The van der Waals surface area contributed by atoms with Gasteiger partial charge in [-0.2, -0.15) is 5.10 Å². The Hall–Kier alpha value is -0.910. The zero-order chi connectivity index (χ0) is 13.0. The zero-order valence-corrected chi connectivity index (χ0v) is 11.4. The van der Waals surface area contributed by atoms with Crippen molar-refractivity contribution in [2.24, 2.45) is 0 Å². The molecule has 0 saturated carbocycles. The van der Waals surface area contributed by atoms with Crippen molar-refractivity contribution in [1.82, 2.24) is 19.6 Å². The molecule has 0 amide bonds. The van der Waals surface area contributed by atoms with E-state index in [0.717, 1.165) is 39.1 Å². The van der Waals surface area contributed by atoms with Gasteiger partial charge in [0, 0.05) is 57.1 Å².